The highest BCUT2D eigenvalue weighted by Gasteiger charge is 2.37. The van der Waals surface area contributed by atoms with Gasteiger partial charge in [-0.15, -0.1) is 0 Å². The fourth-order valence-corrected chi connectivity index (χ4v) is 4.28. The molecule has 1 heterocycles. The molecular weight excluding hydrogens is 320 g/mol. The molecule has 3 N–H and O–H groups in total. The average molecular weight is 343 g/mol. The Morgan fingerprint density at radius 1 is 1.42 bits per heavy atom. The lowest BCUT2D eigenvalue weighted by atomic mass is 9.89. The zero-order valence-electron chi connectivity index (χ0n) is 11.9. The van der Waals surface area contributed by atoms with Crippen molar-refractivity contribution in [3.05, 3.63) is 27.7 Å². The first-order valence-electron chi connectivity index (χ1n) is 6.85. The maximum Gasteiger partial charge on any atom is 0.0611 e. The van der Waals surface area contributed by atoms with Gasteiger partial charge in [0.1, 0.15) is 0 Å². The second-order valence-electron chi connectivity index (χ2n) is 5.53. The number of halogens is 1. The van der Waals surface area contributed by atoms with Crippen LogP contribution in [0, 0.1) is 13.8 Å². The Bertz CT molecular complexity index is 440. The SMILES string of the molecule is Cc1cc(NC2(CN)CCCSC2C)cc(C)c1Br. The molecule has 0 aromatic heterocycles. The molecule has 1 saturated heterocycles. The molecule has 2 rings (SSSR count). The highest BCUT2D eigenvalue weighted by atomic mass is 79.9. The number of nitrogens with two attached hydrogens (primary N) is 1. The topological polar surface area (TPSA) is 38.0 Å². The van der Waals surface area contributed by atoms with Crippen molar-refractivity contribution < 1.29 is 0 Å². The Hall–Kier alpha value is -0.190. The van der Waals surface area contributed by atoms with E-state index in [1.807, 2.05) is 11.8 Å². The molecule has 106 valence electrons. The molecule has 1 aliphatic heterocycles. The van der Waals surface area contributed by atoms with E-state index in [1.165, 1.54) is 33.5 Å². The number of thioether (sulfide) groups is 1. The third-order valence-electron chi connectivity index (χ3n) is 4.11. The summed E-state index contributed by atoms with van der Waals surface area (Å²) in [6.45, 7) is 7.25. The molecule has 1 fully saturated rings. The van der Waals surface area contributed by atoms with E-state index in [1.54, 1.807) is 0 Å². The smallest absolute Gasteiger partial charge is 0.0611 e. The highest BCUT2D eigenvalue weighted by Crippen LogP contribution is 2.37. The van der Waals surface area contributed by atoms with E-state index in [0.717, 1.165) is 6.42 Å². The van der Waals surface area contributed by atoms with Gasteiger partial charge in [0.25, 0.3) is 0 Å². The van der Waals surface area contributed by atoms with Crippen molar-refractivity contribution in [3.63, 3.8) is 0 Å². The van der Waals surface area contributed by atoms with Crippen LogP contribution in [-0.4, -0.2) is 23.1 Å². The number of anilines is 1. The second kappa shape index (κ2) is 6.06. The molecule has 1 aliphatic rings. The summed E-state index contributed by atoms with van der Waals surface area (Å²) in [6, 6.07) is 4.42. The van der Waals surface area contributed by atoms with Crippen molar-refractivity contribution in [2.45, 2.75) is 44.4 Å². The largest absolute Gasteiger partial charge is 0.377 e. The summed E-state index contributed by atoms with van der Waals surface area (Å²) in [4.78, 5) is 0. The van der Waals surface area contributed by atoms with Gasteiger partial charge in [-0.2, -0.15) is 11.8 Å². The molecule has 1 aromatic rings. The fraction of sp³-hybridized carbons (Fsp3) is 0.600. The molecule has 2 atom stereocenters. The Morgan fingerprint density at radius 3 is 2.58 bits per heavy atom. The van der Waals surface area contributed by atoms with Gasteiger partial charge in [0.15, 0.2) is 0 Å². The monoisotopic (exact) mass is 342 g/mol. The predicted octanol–water partition coefficient (Wildman–Crippen LogP) is 4.09. The fourth-order valence-electron chi connectivity index (χ4n) is 2.80. The van der Waals surface area contributed by atoms with Crippen LogP contribution in [-0.2, 0) is 0 Å². The summed E-state index contributed by atoms with van der Waals surface area (Å²) in [5.74, 6) is 1.25. The minimum absolute atomic E-state index is 0.0373. The molecule has 0 spiro atoms. The van der Waals surface area contributed by atoms with Crippen LogP contribution in [0.1, 0.15) is 30.9 Å². The number of nitrogens with one attached hydrogen (secondary N) is 1. The molecule has 0 saturated carbocycles. The Labute approximate surface area is 129 Å². The minimum atomic E-state index is 0.0373. The number of hydrogen-bond acceptors (Lipinski definition) is 3. The normalized spacial score (nSPS) is 27.3. The predicted molar refractivity (Wildman–Crippen MR) is 90.2 cm³/mol. The van der Waals surface area contributed by atoms with Crippen LogP contribution in [0.5, 0.6) is 0 Å². The van der Waals surface area contributed by atoms with E-state index in [2.05, 4.69) is 54.2 Å². The van der Waals surface area contributed by atoms with E-state index in [0.29, 0.717) is 11.8 Å². The number of benzene rings is 1. The molecule has 0 radical (unpaired) electrons. The molecule has 0 aliphatic carbocycles. The molecule has 1 aromatic carbocycles. The lowest BCUT2D eigenvalue weighted by Crippen LogP contribution is -2.54. The van der Waals surface area contributed by atoms with Gasteiger partial charge < -0.3 is 11.1 Å². The van der Waals surface area contributed by atoms with Gasteiger partial charge in [-0.05, 0) is 55.7 Å². The van der Waals surface area contributed by atoms with Crippen molar-refractivity contribution in [1.29, 1.82) is 0 Å². The van der Waals surface area contributed by atoms with Gasteiger partial charge in [0.05, 0.1) is 5.54 Å². The van der Waals surface area contributed by atoms with Gasteiger partial charge in [-0.1, -0.05) is 22.9 Å². The van der Waals surface area contributed by atoms with Gasteiger partial charge in [-0.25, -0.2) is 0 Å². The number of aryl methyl sites for hydroxylation is 2. The lowest BCUT2D eigenvalue weighted by molar-refractivity contribution is 0.422. The number of rotatable bonds is 3. The zero-order chi connectivity index (χ0) is 14.0. The Morgan fingerprint density at radius 2 is 2.05 bits per heavy atom. The third-order valence-corrected chi connectivity index (χ3v) is 6.83. The third kappa shape index (κ3) is 3.11. The van der Waals surface area contributed by atoms with Crippen LogP contribution < -0.4 is 11.1 Å². The summed E-state index contributed by atoms with van der Waals surface area (Å²) in [7, 11) is 0. The zero-order valence-corrected chi connectivity index (χ0v) is 14.3. The second-order valence-corrected chi connectivity index (χ2v) is 7.77. The van der Waals surface area contributed by atoms with Crippen LogP contribution in [0.3, 0.4) is 0 Å². The Balaban J connectivity index is 2.27. The summed E-state index contributed by atoms with van der Waals surface area (Å²) >= 11 is 5.65. The first-order valence-corrected chi connectivity index (χ1v) is 8.69. The maximum absolute atomic E-state index is 6.10. The maximum atomic E-state index is 6.10. The van der Waals surface area contributed by atoms with Crippen LogP contribution in [0.2, 0.25) is 0 Å². The summed E-state index contributed by atoms with van der Waals surface area (Å²) < 4.78 is 1.20. The summed E-state index contributed by atoms with van der Waals surface area (Å²) in [5, 5.41) is 4.29. The van der Waals surface area contributed by atoms with E-state index >= 15 is 0 Å². The van der Waals surface area contributed by atoms with E-state index in [-0.39, 0.29) is 5.54 Å². The van der Waals surface area contributed by atoms with E-state index < -0.39 is 0 Å². The molecule has 0 bridgehead atoms. The van der Waals surface area contributed by atoms with Crippen molar-refractivity contribution in [3.8, 4) is 0 Å². The van der Waals surface area contributed by atoms with Crippen LogP contribution in [0.4, 0.5) is 5.69 Å². The van der Waals surface area contributed by atoms with Crippen LogP contribution in [0.25, 0.3) is 0 Å². The van der Waals surface area contributed by atoms with Gasteiger partial charge in [-0.3, -0.25) is 0 Å². The van der Waals surface area contributed by atoms with Crippen LogP contribution >= 0.6 is 27.7 Å². The average Bonchev–Trinajstić information content (AvgIpc) is 2.39. The highest BCUT2D eigenvalue weighted by molar-refractivity contribution is 9.10. The first-order chi connectivity index (χ1) is 8.98. The number of hydrogen-bond donors (Lipinski definition) is 2. The Kier molecular flexibility index (Phi) is 4.85. The van der Waals surface area contributed by atoms with Crippen molar-refractivity contribution in [2.24, 2.45) is 5.73 Å². The van der Waals surface area contributed by atoms with Crippen molar-refractivity contribution in [1.82, 2.24) is 0 Å². The minimum Gasteiger partial charge on any atom is -0.377 e. The van der Waals surface area contributed by atoms with E-state index in [4.69, 9.17) is 5.73 Å². The molecule has 4 heteroatoms. The lowest BCUT2D eigenvalue weighted by Gasteiger charge is -2.43. The molecular formula is C15H23BrN2S. The van der Waals surface area contributed by atoms with Crippen LogP contribution in [0.15, 0.2) is 16.6 Å². The van der Waals surface area contributed by atoms with Crippen molar-refractivity contribution >= 4 is 33.4 Å². The molecule has 2 nitrogen and oxygen atoms in total. The molecule has 2 unspecified atom stereocenters. The van der Waals surface area contributed by atoms with Gasteiger partial charge in [0.2, 0.25) is 0 Å². The standard InChI is InChI=1S/C15H23BrN2S/c1-10-7-13(8-11(2)14(10)16)18-15(9-17)5-4-6-19-12(15)3/h7-8,12,18H,4-6,9,17H2,1-3H3. The molecule has 19 heavy (non-hydrogen) atoms. The quantitative estimate of drug-likeness (QED) is 0.868. The van der Waals surface area contributed by atoms with Gasteiger partial charge in [0, 0.05) is 22.0 Å². The first kappa shape index (κ1) is 15.2. The van der Waals surface area contributed by atoms with Gasteiger partial charge >= 0.3 is 0 Å². The van der Waals surface area contributed by atoms with E-state index in [9.17, 15) is 0 Å². The van der Waals surface area contributed by atoms with Crippen molar-refractivity contribution in [2.75, 3.05) is 17.6 Å². The summed E-state index contributed by atoms with van der Waals surface area (Å²) in [6.07, 6.45) is 2.40. The summed E-state index contributed by atoms with van der Waals surface area (Å²) in [5.41, 5.74) is 9.87. The molecule has 0 amide bonds.